The summed E-state index contributed by atoms with van der Waals surface area (Å²) in [4.78, 5) is 12.5. The van der Waals surface area contributed by atoms with Gasteiger partial charge in [-0.15, -0.1) is 0 Å². The molecule has 1 fully saturated rings. The number of hydrogen-bond acceptors (Lipinski definition) is 4. The highest BCUT2D eigenvalue weighted by molar-refractivity contribution is 5.21. The average molecular weight is 252 g/mol. The van der Waals surface area contributed by atoms with Gasteiger partial charge in [0.1, 0.15) is 5.54 Å². The van der Waals surface area contributed by atoms with Crippen LogP contribution in [0.2, 0.25) is 0 Å². The Labute approximate surface area is 107 Å². The lowest BCUT2D eigenvalue weighted by Crippen LogP contribution is -2.69. The molecule has 2 atom stereocenters. The second-order valence-electron chi connectivity index (χ2n) is 5.99. The molecule has 1 saturated carbocycles. The van der Waals surface area contributed by atoms with Gasteiger partial charge in [-0.25, -0.2) is 0 Å². The van der Waals surface area contributed by atoms with Crippen molar-refractivity contribution in [3.05, 3.63) is 21.5 Å². The van der Waals surface area contributed by atoms with Crippen molar-refractivity contribution in [3.8, 4) is 0 Å². The van der Waals surface area contributed by atoms with Crippen molar-refractivity contribution in [1.29, 1.82) is 0 Å². The van der Waals surface area contributed by atoms with Crippen molar-refractivity contribution in [1.82, 2.24) is 5.06 Å². The van der Waals surface area contributed by atoms with Gasteiger partial charge in [0.2, 0.25) is 0 Å². The number of fused-ring (bicyclic) bond motifs is 1. The number of rotatable bonds is 0. The first-order valence-electron chi connectivity index (χ1n) is 6.90. The fraction of sp³-hybridized carbons (Fsp3) is 0.846. The Morgan fingerprint density at radius 3 is 2.67 bits per heavy atom. The van der Waals surface area contributed by atoms with E-state index in [9.17, 15) is 15.2 Å². The lowest BCUT2D eigenvalue weighted by molar-refractivity contribution is -0.669. The van der Waals surface area contributed by atoms with Gasteiger partial charge in [-0.2, -0.15) is 0 Å². The Kier molecular flexibility index (Phi) is 2.54. The molecule has 0 bridgehead atoms. The van der Waals surface area contributed by atoms with Gasteiger partial charge in [-0.1, -0.05) is 6.42 Å². The first-order valence-corrected chi connectivity index (χ1v) is 6.90. The smallest absolute Gasteiger partial charge is 0.340 e. The molecule has 0 aromatic rings. The topological polar surface area (TPSA) is 66.6 Å². The van der Waals surface area contributed by atoms with E-state index >= 15 is 0 Å². The van der Waals surface area contributed by atoms with Gasteiger partial charge < -0.3 is 15.4 Å². The van der Waals surface area contributed by atoms with Crippen LogP contribution in [-0.4, -0.2) is 26.2 Å². The van der Waals surface area contributed by atoms with Crippen LogP contribution in [0.3, 0.4) is 0 Å². The van der Waals surface area contributed by atoms with Gasteiger partial charge in [-0.3, -0.25) is 0 Å². The van der Waals surface area contributed by atoms with Crippen LogP contribution in [0.15, 0.2) is 11.4 Å². The molecular weight excluding hydrogens is 232 g/mol. The Bertz CT molecular complexity index is 434. The van der Waals surface area contributed by atoms with E-state index in [-0.39, 0.29) is 0 Å². The number of hydroxylamine groups is 2. The van der Waals surface area contributed by atoms with Crippen LogP contribution in [-0.2, 0) is 0 Å². The monoisotopic (exact) mass is 252 g/mol. The van der Waals surface area contributed by atoms with E-state index in [4.69, 9.17) is 0 Å². The van der Waals surface area contributed by atoms with Gasteiger partial charge in [0.15, 0.2) is 0 Å². The zero-order chi connectivity index (χ0) is 13.0. The predicted molar refractivity (Wildman–Crippen MR) is 66.2 cm³/mol. The standard InChI is InChI=1S/C13H20N2O3/c1-12-8-4-5-9-13(12,16)15(18)11-7-3-2-6-10(11)14(12)17/h16H,2-9H2,1H3/t12-,13+/m1/s1. The zero-order valence-electron chi connectivity index (χ0n) is 10.8. The number of allylic oxidation sites excluding steroid dienone is 2. The molecule has 0 unspecified atom stereocenters. The molecule has 1 aliphatic heterocycles. The number of hydrogen-bond donors (Lipinski definition) is 1. The molecule has 0 radical (unpaired) electrons. The molecule has 1 N–H and O–H groups in total. The molecular formula is C13H20N2O3. The summed E-state index contributed by atoms with van der Waals surface area (Å²) in [7, 11) is 0. The van der Waals surface area contributed by atoms with E-state index < -0.39 is 11.3 Å². The molecule has 0 aromatic carbocycles. The van der Waals surface area contributed by atoms with Crippen molar-refractivity contribution in [3.63, 3.8) is 0 Å². The van der Waals surface area contributed by atoms with Crippen molar-refractivity contribution >= 4 is 0 Å². The average Bonchev–Trinajstić information content (AvgIpc) is 2.39. The van der Waals surface area contributed by atoms with Crippen LogP contribution < -0.4 is 0 Å². The number of nitrogens with zero attached hydrogens (tertiary/aromatic N) is 2. The molecule has 3 rings (SSSR count). The fourth-order valence-electron chi connectivity index (χ4n) is 3.73. The largest absolute Gasteiger partial charge is 0.758 e. The third-order valence-electron chi connectivity index (χ3n) is 4.99. The fourth-order valence-corrected chi connectivity index (χ4v) is 3.73. The van der Waals surface area contributed by atoms with Gasteiger partial charge in [0, 0.05) is 17.7 Å². The highest BCUT2D eigenvalue weighted by Crippen LogP contribution is 2.50. The summed E-state index contributed by atoms with van der Waals surface area (Å²) in [6.45, 7) is 1.74. The molecule has 1 heterocycles. The molecule has 2 aliphatic carbocycles. The van der Waals surface area contributed by atoms with E-state index in [1.807, 2.05) is 0 Å². The van der Waals surface area contributed by atoms with Gasteiger partial charge >= 0.3 is 5.72 Å². The highest BCUT2D eigenvalue weighted by atomic mass is 16.5. The third kappa shape index (κ3) is 1.29. The van der Waals surface area contributed by atoms with Crippen molar-refractivity contribution in [2.75, 3.05) is 0 Å². The normalized spacial score (nSPS) is 40.6. The minimum absolute atomic E-state index is 0.391. The van der Waals surface area contributed by atoms with Crippen LogP contribution in [0, 0.1) is 10.1 Å². The summed E-state index contributed by atoms with van der Waals surface area (Å²) in [5.74, 6) is 0. The van der Waals surface area contributed by atoms with E-state index in [0.717, 1.165) is 35.5 Å². The molecule has 0 saturated heterocycles. The maximum absolute atomic E-state index is 12.6. The molecule has 3 aliphatic rings. The molecule has 5 heteroatoms. The van der Waals surface area contributed by atoms with Crippen molar-refractivity contribution < 1.29 is 9.87 Å². The maximum Gasteiger partial charge on any atom is 0.340 e. The van der Waals surface area contributed by atoms with Gasteiger partial charge in [0.25, 0.3) is 5.70 Å². The summed E-state index contributed by atoms with van der Waals surface area (Å²) in [6.07, 6.45) is 5.86. The predicted octanol–water partition coefficient (Wildman–Crippen LogP) is 2.39. The van der Waals surface area contributed by atoms with E-state index in [0.29, 0.717) is 37.1 Å². The van der Waals surface area contributed by atoms with Gasteiger partial charge in [0.05, 0.1) is 10.5 Å². The second kappa shape index (κ2) is 3.78. The molecule has 0 spiro atoms. The Morgan fingerprint density at radius 2 is 1.89 bits per heavy atom. The Balaban J connectivity index is 2.14. The van der Waals surface area contributed by atoms with Crippen LogP contribution >= 0.6 is 0 Å². The van der Waals surface area contributed by atoms with Crippen LogP contribution in [0.5, 0.6) is 0 Å². The molecule has 0 amide bonds. The van der Waals surface area contributed by atoms with Crippen LogP contribution in [0.4, 0.5) is 0 Å². The number of nitroso groups, excluding NO2 is 1. The molecule has 18 heavy (non-hydrogen) atoms. The molecule has 0 aromatic heterocycles. The summed E-state index contributed by atoms with van der Waals surface area (Å²) in [6, 6.07) is 0. The Morgan fingerprint density at radius 1 is 1.22 bits per heavy atom. The van der Waals surface area contributed by atoms with Crippen molar-refractivity contribution in [2.45, 2.75) is 69.6 Å². The maximum atomic E-state index is 12.6. The SMILES string of the molecule is C[C@@]12CCCC[C@@]1(O)[N+](=O)C1=C(CCCC1)N2[O-]. The first kappa shape index (κ1) is 12.1. The molecule has 5 nitrogen and oxygen atoms in total. The zero-order valence-corrected chi connectivity index (χ0v) is 10.8. The quantitative estimate of drug-likeness (QED) is 0.672. The van der Waals surface area contributed by atoms with E-state index in [1.165, 1.54) is 0 Å². The lowest BCUT2D eigenvalue weighted by atomic mass is 9.72. The van der Waals surface area contributed by atoms with Crippen molar-refractivity contribution in [2.24, 2.45) is 0 Å². The summed E-state index contributed by atoms with van der Waals surface area (Å²) in [5, 5.41) is 24.3. The van der Waals surface area contributed by atoms with E-state index in [1.54, 1.807) is 6.92 Å². The summed E-state index contributed by atoms with van der Waals surface area (Å²) >= 11 is 0. The first-order chi connectivity index (χ1) is 8.51. The second-order valence-corrected chi connectivity index (χ2v) is 5.99. The van der Waals surface area contributed by atoms with Crippen LogP contribution in [0.25, 0.3) is 0 Å². The van der Waals surface area contributed by atoms with Crippen LogP contribution in [0.1, 0.15) is 58.3 Å². The summed E-state index contributed by atoms with van der Waals surface area (Å²) in [5.41, 5.74) is -1.38. The third-order valence-corrected chi connectivity index (χ3v) is 4.99. The number of aliphatic hydroxyl groups is 1. The van der Waals surface area contributed by atoms with Gasteiger partial charge in [-0.05, 0) is 39.0 Å². The summed E-state index contributed by atoms with van der Waals surface area (Å²) < 4.78 is 0.773. The van der Waals surface area contributed by atoms with E-state index in [2.05, 4.69) is 0 Å². The Hall–Kier alpha value is -0.940. The highest BCUT2D eigenvalue weighted by Gasteiger charge is 2.66. The lowest BCUT2D eigenvalue weighted by Gasteiger charge is -2.57. The minimum atomic E-state index is -1.54. The minimum Gasteiger partial charge on any atom is -0.758 e. The molecule has 100 valence electrons.